The molecular formula is C15H24N2O2S. The lowest BCUT2D eigenvalue weighted by Gasteiger charge is -2.33. The van der Waals surface area contributed by atoms with Crippen LogP contribution >= 0.6 is 11.3 Å². The topological polar surface area (TPSA) is 52.6 Å². The summed E-state index contributed by atoms with van der Waals surface area (Å²) >= 11 is 1.78. The monoisotopic (exact) mass is 296 g/mol. The maximum Gasteiger partial charge on any atom is 0.236 e. The quantitative estimate of drug-likeness (QED) is 0.841. The molecule has 112 valence electrons. The van der Waals surface area contributed by atoms with Gasteiger partial charge >= 0.3 is 0 Å². The summed E-state index contributed by atoms with van der Waals surface area (Å²) in [5.41, 5.74) is 0.966. The van der Waals surface area contributed by atoms with Crippen molar-refractivity contribution in [2.24, 2.45) is 0 Å². The van der Waals surface area contributed by atoms with Gasteiger partial charge in [0, 0.05) is 23.5 Å². The van der Waals surface area contributed by atoms with Crippen molar-refractivity contribution in [2.75, 3.05) is 19.7 Å². The van der Waals surface area contributed by atoms with Gasteiger partial charge in [-0.2, -0.15) is 0 Å². The lowest BCUT2D eigenvalue weighted by atomic mass is 9.94. The van der Waals surface area contributed by atoms with E-state index in [4.69, 9.17) is 0 Å². The van der Waals surface area contributed by atoms with E-state index < -0.39 is 0 Å². The molecule has 0 unspecified atom stereocenters. The van der Waals surface area contributed by atoms with Gasteiger partial charge in [0.15, 0.2) is 0 Å². The van der Waals surface area contributed by atoms with Gasteiger partial charge in [-0.3, -0.25) is 4.79 Å². The van der Waals surface area contributed by atoms with Crippen LogP contribution in [0.3, 0.4) is 0 Å². The number of aliphatic hydroxyl groups is 1. The van der Waals surface area contributed by atoms with Gasteiger partial charge in [0.25, 0.3) is 0 Å². The molecule has 20 heavy (non-hydrogen) atoms. The Morgan fingerprint density at radius 2 is 2.25 bits per heavy atom. The maximum absolute atomic E-state index is 12.3. The molecule has 2 N–H and O–H groups in total. The van der Waals surface area contributed by atoms with Gasteiger partial charge in [-0.15, -0.1) is 11.3 Å². The molecule has 4 nitrogen and oxygen atoms in total. The van der Waals surface area contributed by atoms with E-state index >= 15 is 0 Å². The van der Waals surface area contributed by atoms with Crippen molar-refractivity contribution in [3.63, 3.8) is 0 Å². The fraction of sp³-hybridized carbons (Fsp3) is 0.667. The molecule has 0 radical (unpaired) electrons. The first kappa shape index (κ1) is 15.5. The molecule has 0 spiro atoms. The first-order valence-electron chi connectivity index (χ1n) is 7.33. The van der Waals surface area contributed by atoms with E-state index in [1.165, 1.54) is 10.4 Å². The minimum absolute atomic E-state index is 0.0714. The minimum atomic E-state index is -0.320. The van der Waals surface area contributed by atoms with Gasteiger partial charge < -0.3 is 15.3 Å². The molecule has 0 aliphatic carbocycles. The van der Waals surface area contributed by atoms with Crippen LogP contribution < -0.4 is 5.32 Å². The van der Waals surface area contributed by atoms with Crippen LogP contribution in [0.5, 0.6) is 0 Å². The highest BCUT2D eigenvalue weighted by atomic mass is 32.1. The SMILES string of the molecule is CCC(CC)(CO)NCC(=O)N1CCc2sccc2C1. The van der Waals surface area contributed by atoms with E-state index in [0.29, 0.717) is 6.54 Å². The summed E-state index contributed by atoms with van der Waals surface area (Å²) in [5, 5.41) is 14.9. The zero-order valence-electron chi connectivity index (χ0n) is 12.3. The number of amides is 1. The van der Waals surface area contributed by atoms with E-state index in [2.05, 4.69) is 16.8 Å². The standard InChI is InChI=1S/C15H24N2O2S/c1-3-15(4-2,11-18)16-9-14(19)17-7-5-13-12(10-17)6-8-20-13/h6,8,16,18H,3-5,7,9-11H2,1-2H3. The van der Waals surface area contributed by atoms with Crippen molar-refractivity contribution < 1.29 is 9.90 Å². The highest BCUT2D eigenvalue weighted by molar-refractivity contribution is 7.10. The van der Waals surface area contributed by atoms with Crippen molar-refractivity contribution >= 4 is 17.2 Å². The first-order valence-corrected chi connectivity index (χ1v) is 8.21. The van der Waals surface area contributed by atoms with Crippen LogP contribution in [0.25, 0.3) is 0 Å². The van der Waals surface area contributed by atoms with Crippen molar-refractivity contribution in [1.82, 2.24) is 10.2 Å². The number of thiophene rings is 1. The Morgan fingerprint density at radius 1 is 1.50 bits per heavy atom. The second-order valence-electron chi connectivity index (χ2n) is 5.43. The van der Waals surface area contributed by atoms with Crippen LogP contribution in [0.15, 0.2) is 11.4 Å². The molecule has 0 bridgehead atoms. The Hall–Kier alpha value is -0.910. The number of nitrogens with zero attached hydrogens (tertiary/aromatic N) is 1. The van der Waals surface area contributed by atoms with Crippen LogP contribution in [0.2, 0.25) is 0 Å². The van der Waals surface area contributed by atoms with E-state index in [-0.39, 0.29) is 18.1 Å². The van der Waals surface area contributed by atoms with Crippen LogP contribution in [-0.4, -0.2) is 41.1 Å². The molecular weight excluding hydrogens is 272 g/mol. The van der Waals surface area contributed by atoms with Gasteiger partial charge in [0.2, 0.25) is 5.91 Å². The largest absolute Gasteiger partial charge is 0.394 e. The molecule has 0 saturated carbocycles. The molecule has 2 heterocycles. The van der Waals surface area contributed by atoms with Crippen LogP contribution in [0.4, 0.5) is 0 Å². The number of carbonyl (C=O) groups is 1. The Kier molecular flexibility index (Phi) is 5.18. The lowest BCUT2D eigenvalue weighted by Crippen LogP contribution is -2.52. The number of rotatable bonds is 6. The predicted molar refractivity (Wildman–Crippen MR) is 81.8 cm³/mol. The van der Waals surface area contributed by atoms with Crippen molar-refractivity contribution in [3.05, 3.63) is 21.9 Å². The second-order valence-corrected chi connectivity index (χ2v) is 6.43. The third-order valence-electron chi connectivity index (χ3n) is 4.43. The lowest BCUT2D eigenvalue weighted by molar-refractivity contribution is -0.131. The highest BCUT2D eigenvalue weighted by Gasteiger charge is 2.27. The summed E-state index contributed by atoms with van der Waals surface area (Å²) in [4.78, 5) is 15.6. The molecule has 1 amide bonds. The van der Waals surface area contributed by atoms with Gasteiger partial charge in [0.1, 0.15) is 0 Å². The Balaban J connectivity index is 1.90. The predicted octanol–water partition coefficient (Wildman–Crippen LogP) is 1.77. The van der Waals surface area contributed by atoms with Gasteiger partial charge in [-0.25, -0.2) is 0 Å². The van der Waals surface area contributed by atoms with Crippen LogP contribution in [0, 0.1) is 0 Å². The molecule has 0 atom stereocenters. The second kappa shape index (κ2) is 6.70. The third kappa shape index (κ3) is 3.22. The number of aliphatic hydroxyl groups excluding tert-OH is 1. The molecule has 0 fully saturated rings. The van der Waals surface area contributed by atoms with E-state index in [1.54, 1.807) is 11.3 Å². The summed E-state index contributed by atoms with van der Waals surface area (Å²) in [6, 6.07) is 2.11. The van der Waals surface area contributed by atoms with Crippen molar-refractivity contribution in [1.29, 1.82) is 0 Å². The zero-order chi connectivity index (χ0) is 14.6. The summed E-state index contributed by atoms with van der Waals surface area (Å²) < 4.78 is 0. The van der Waals surface area contributed by atoms with Crippen molar-refractivity contribution in [2.45, 2.75) is 45.2 Å². The van der Waals surface area contributed by atoms with Gasteiger partial charge in [0.05, 0.1) is 13.2 Å². The molecule has 1 aromatic heterocycles. The molecule has 1 aromatic rings. The Labute approximate surface area is 124 Å². The fourth-order valence-electron chi connectivity index (χ4n) is 2.62. The first-order chi connectivity index (χ1) is 9.64. The Morgan fingerprint density at radius 3 is 2.90 bits per heavy atom. The van der Waals surface area contributed by atoms with Crippen molar-refractivity contribution in [3.8, 4) is 0 Å². The average Bonchev–Trinajstić information content (AvgIpc) is 2.96. The molecule has 0 saturated heterocycles. The smallest absolute Gasteiger partial charge is 0.236 e. The van der Waals surface area contributed by atoms with E-state index in [0.717, 1.165) is 32.4 Å². The molecule has 1 aliphatic heterocycles. The number of hydrogen-bond donors (Lipinski definition) is 2. The Bertz CT molecular complexity index is 446. The number of fused-ring (bicyclic) bond motifs is 1. The summed E-state index contributed by atoms with van der Waals surface area (Å²) in [6.45, 7) is 5.98. The fourth-order valence-corrected chi connectivity index (χ4v) is 3.51. The van der Waals surface area contributed by atoms with E-state index in [1.807, 2.05) is 18.7 Å². The van der Waals surface area contributed by atoms with Crippen LogP contribution in [-0.2, 0) is 17.8 Å². The molecule has 5 heteroatoms. The molecule has 0 aromatic carbocycles. The molecule has 2 rings (SSSR count). The summed E-state index contributed by atoms with van der Waals surface area (Å²) in [7, 11) is 0. The summed E-state index contributed by atoms with van der Waals surface area (Å²) in [6.07, 6.45) is 2.61. The maximum atomic E-state index is 12.3. The minimum Gasteiger partial charge on any atom is -0.394 e. The summed E-state index contributed by atoms with van der Waals surface area (Å²) in [5.74, 6) is 0.126. The highest BCUT2D eigenvalue weighted by Crippen LogP contribution is 2.24. The zero-order valence-corrected chi connectivity index (χ0v) is 13.1. The number of nitrogens with one attached hydrogen (secondary N) is 1. The van der Waals surface area contributed by atoms with Crippen LogP contribution in [0.1, 0.15) is 37.1 Å². The normalized spacial score (nSPS) is 15.2. The van der Waals surface area contributed by atoms with Gasteiger partial charge in [-0.05, 0) is 36.3 Å². The number of carbonyl (C=O) groups excluding carboxylic acids is 1. The third-order valence-corrected chi connectivity index (χ3v) is 5.45. The average molecular weight is 296 g/mol. The molecule has 1 aliphatic rings. The number of hydrogen-bond acceptors (Lipinski definition) is 4. The van der Waals surface area contributed by atoms with Gasteiger partial charge in [-0.1, -0.05) is 13.8 Å². The van der Waals surface area contributed by atoms with E-state index in [9.17, 15) is 9.90 Å².